The quantitative estimate of drug-likeness (QED) is 0.190. The number of aromatic nitrogens is 3. The van der Waals surface area contributed by atoms with Crippen LogP contribution in [0, 0.1) is 0 Å². The Morgan fingerprint density at radius 1 is 1.03 bits per heavy atom. The van der Waals surface area contributed by atoms with Crippen LogP contribution in [-0.4, -0.2) is 59.8 Å². The molecule has 2 aliphatic rings. The van der Waals surface area contributed by atoms with Gasteiger partial charge in [0, 0.05) is 32.6 Å². The Labute approximate surface area is 186 Å². The molecule has 0 spiro atoms. The lowest BCUT2D eigenvalue weighted by Crippen LogP contribution is -2.39. The summed E-state index contributed by atoms with van der Waals surface area (Å²) in [6.45, 7) is 2.41. The number of ether oxygens (including phenoxy) is 1. The molecule has 1 aromatic heterocycles. The van der Waals surface area contributed by atoms with E-state index in [9.17, 15) is 0 Å². The van der Waals surface area contributed by atoms with E-state index < -0.39 is 0 Å². The van der Waals surface area contributed by atoms with Crippen molar-refractivity contribution in [1.29, 1.82) is 0 Å². The van der Waals surface area contributed by atoms with Gasteiger partial charge in [0.25, 0.3) is 0 Å². The van der Waals surface area contributed by atoms with Gasteiger partial charge in [-0.05, 0) is 38.4 Å². The number of hydrogen-bond acceptors (Lipinski definition) is 5. The first-order valence-corrected chi connectivity index (χ1v) is 13.1. The van der Waals surface area contributed by atoms with E-state index in [4.69, 9.17) is 4.74 Å². The highest BCUT2D eigenvalue weighted by atomic mass is 32.2. The predicted molar refractivity (Wildman–Crippen MR) is 124 cm³/mol. The highest BCUT2D eigenvalue weighted by molar-refractivity contribution is 7.98. The van der Waals surface area contributed by atoms with Crippen LogP contribution in [0.1, 0.15) is 82.5 Å². The third kappa shape index (κ3) is 7.15. The van der Waals surface area contributed by atoms with Gasteiger partial charge in [0.05, 0.1) is 12.7 Å². The third-order valence-corrected chi connectivity index (χ3v) is 6.89. The van der Waals surface area contributed by atoms with E-state index in [-0.39, 0.29) is 0 Å². The Morgan fingerprint density at radius 3 is 2.43 bits per heavy atom. The van der Waals surface area contributed by atoms with Crippen LogP contribution in [0.15, 0.2) is 10.1 Å². The summed E-state index contributed by atoms with van der Waals surface area (Å²) in [5.74, 6) is 1.98. The summed E-state index contributed by atoms with van der Waals surface area (Å²) in [7, 11) is 1.82. The largest absolute Gasteiger partial charge is 0.376 e. The van der Waals surface area contributed by atoms with Crippen molar-refractivity contribution in [3.8, 4) is 0 Å². The standard InChI is InChI=1S/C22H40N6OS/c1-23-21(25-16-17-29-19-12-5-3-4-6-13-19)24-15-9-14-20-26-27-22(30-2)28(20)18-10-7-8-11-18/h18-19H,3-17H2,1-2H3,(H2,23,24,25). The molecule has 2 aliphatic carbocycles. The summed E-state index contributed by atoms with van der Waals surface area (Å²) in [6.07, 6.45) is 17.5. The lowest BCUT2D eigenvalue weighted by molar-refractivity contribution is 0.0468. The lowest BCUT2D eigenvalue weighted by atomic mass is 10.1. The number of nitrogens with one attached hydrogen (secondary N) is 2. The molecular weight excluding hydrogens is 396 g/mol. The predicted octanol–water partition coefficient (Wildman–Crippen LogP) is 3.95. The van der Waals surface area contributed by atoms with E-state index in [2.05, 4.69) is 36.6 Å². The second-order valence-corrected chi connectivity index (χ2v) is 9.20. The van der Waals surface area contributed by atoms with Crippen molar-refractivity contribution in [3.63, 3.8) is 0 Å². The summed E-state index contributed by atoms with van der Waals surface area (Å²) in [5, 5.41) is 16.7. The maximum absolute atomic E-state index is 6.05. The van der Waals surface area contributed by atoms with Crippen LogP contribution >= 0.6 is 11.8 Å². The minimum absolute atomic E-state index is 0.452. The van der Waals surface area contributed by atoms with Gasteiger partial charge in [-0.25, -0.2) is 0 Å². The Kier molecular flexibility index (Phi) is 10.3. The molecule has 2 saturated carbocycles. The molecule has 0 bridgehead atoms. The monoisotopic (exact) mass is 436 g/mol. The highest BCUT2D eigenvalue weighted by Crippen LogP contribution is 2.33. The van der Waals surface area contributed by atoms with Crippen molar-refractivity contribution in [2.24, 2.45) is 4.99 Å². The van der Waals surface area contributed by atoms with Gasteiger partial charge >= 0.3 is 0 Å². The van der Waals surface area contributed by atoms with Gasteiger partial charge in [-0.3, -0.25) is 4.99 Å². The van der Waals surface area contributed by atoms with Crippen molar-refractivity contribution in [3.05, 3.63) is 5.82 Å². The van der Waals surface area contributed by atoms with Crippen LogP contribution in [0.4, 0.5) is 0 Å². The number of aliphatic imine (C=N–C) groups is 1. The topological polar surface area (TPSA) is 76.4 Å². The zero-order chi connectivity index (χ0) is 21.0. The molecule has 0 aliphatic heterocycles. The Morgan fingerprint density at radius 2 is 1.73 bits per heavy atom. The van der Waals surface area contributed by atoms with Gasteiger partial charge in [-0.1, -0.05) is 50.3 Å². The SMILES string of the molecule is CN=C(NCCCc1nnc(SC)n1C1CCCC1)NCCOC1CCCCCC1. The maximum atomic E-state index is 6.05. The van der Waals surface area contributed by atoms with E-state index in [0.717, 1.165) is 49.5 Å². The maximum Gasteiger partial charge on any atom is 0.191 e. The first-order valence-electron chi connectivity index (χ1n) is 11.9. The second kappa shape index (κ2) is 13.2. The van der Waals surface area contributed by atoms with Gasteiger partial charge in [0.2, 0.25) is 0 Å². The first kappa shape index (κ1) is 23.4. The number of hydrogen-bond donors (Lipinski definition) is 2. The fraction of sp³-hybridized carbons (Fsp3) is 0.864. The molecule has 8 heteroatoms. The van der Waals surface area contributed by atoms with E-state index in [1.165, 1.54) is 64.2 Å². The van der Waals surface area contributed by atoms with Gasteiger partial charge < -0.3 is 19.9 Å². The Hall–Kier alpha value is -1.28. The summed E-state index contributed by atoms with van der Waals surface area (Å²) in [5.41, 5.74) is 0. The number of rotatable bonds is 10. The van der Waals surface area contributed by atoms with Gasteiger partial charge in [-0.2, -0.15) is 0 Å². The summed E-state index contributed by atoms with van der Waals surface area (Å²) in [4.78, 5) is 4.33. The van der Waals surface area contributed by atoms with Gasteiger partial charge in [0.1, 0.15) is 5.82 Å². The molecule has 0 aromatic carbocycles. The molecule has 0 radical (unpaired) electrons. The molecule has 1 heterocycles. The Balaban J connectivity index is 1.33. The second-order valence-electron chi connectivity index (χ2n) is 8.42. The normalized spacial score (nSPS) is 19.2. The minimum Gasteiger partial charge on any atom is -0.376 e. The molecule has 2 fully saturated rings. The zero-order valence-corrected chi connectivity index (χ0v) is 19.7. The summed E-state index contributed by atoms with van der Waals surface area (Å²) in [6, 6.07) is 0.591. The fourth-order valence-electron chi connectivity index (χ4n) is 4.62. The van der Waals surface area contributed by atoms with Crippen LogP contribution < -0.4 is 10.6 Å². The van der Waals surface area contributed by atoms with Crippen LogP contribution in [0.2, 0.25) is 0 Å². The van der Waals surface area contributed by atoms with Crippen molar-refractivity contribution < 1.29 is 4.74 Å². The summed E-state index contributed by atoms with van der Waals surface area (Å²) < 4.78 is 8.45. The molecule has 2 N–H and O–H groups in total. The Bertz CT molecular complexity index is 636. The van der Waals surface area contributed by atoms with Crippen molar-refractivity contribution in [2.75, 3.05) is 33.0 Å². The smallest absolute Gasteiger partial charge is 0.191 e. The lowest BCUT2D eigenvalue weighted by Gasteiger charge is -2.17. The van der Waals surface area contributed by atoms with E-state index in [1.807, 2.05) is 7.05 Å². The number of guanidine groups is 1. The molecular formula is C22H40N6OS. The van der Waals surface area contributed by atoms with Gasteiger partial charge in [-0.15, -0.1) is 10.2 Å². The molecule has 0 saturated heterocycles. The summed E-state index contributed by atoms with van der Waals surface area (Å²) >= 11 is 1.71. The number of nitrogens with zero attached hydrogens (tertiary/aromatic N) is 4. The first-order chi connectivity index (χ1) is 14.8. The number of aryl methyl sites for hydroxylation is 1. The molecule has 1 aromatic rings. The van der Waals surface area contributed by atoms with E-state index in [1.54, 1.807) is 11.8 Å². The van der Waals surface area contributed by atoms with Crippen molar-refractivity contribution in [2.45, 2.75) is 94.4 Å². The zero-order valence-electron chi connectivity index (χ0n) is 18.9. The molecule has 30 heavy (non-hydrogen) atoms. The molecule has 0 unspecified atom stereocenters. The van der Waals surface area contributed by atoms with Crippen LogP contribution in [0.25, 0.3) is 0 Å². The van der Waals surface area contributed by atoms with E-state index >= 15 is 0 Å². The highest BCUT2D eigenvalue weighted by Gasteiger charge is 2.23. The average molecular weight is 437 g/mol. The number of thioether (sulfide) groups is 1. The third-order valence-electron chi connectivity index (χ3n) is 6.25. The van der Waals surface area contributed by atoms with Crippen molar-refractivity contribution >= 4 is 17.7 Å². The minimum atomic E-state index is 0.452. The van der Waals surface area contributed by atoms with Gasteiger partial charge in [0.15, 0.2) is 11.1 Å². The average Bonchev–Trinajstić information content (AvgIpc) is 3.36. The van der Waals surface area contributed by atoms with Crippen molar-refractivity contribution in [1.82, 2.24) is 25.4 Å². The van der Waals surface area contributed by atoms with Crippen LogP contribution in [0.3, 0.4) is 0 Å². The molecule has 3 rings (SSSR count). The molecule has 0 amide bonds. The van der Waals surface area contributed by atoms with Crippen LogP contribution in [0.5, 0.6) is 0 Å². The van der Waals surface area contributed by atoms with Crippen LogP contribution in [-0.2, 0) is 11.2 Å². The molecule has 170 valence electrons. The molecule has 0 atom stereocenters. The van der Waals surface area contributed by atoms with E-state index in [0.29, 0.717) is 12.1 Å². The molecule has 7 nitrogen and oxygen atoms in total. The fourth-order valence-corrected chi connectivity index (χ4v) is 5.20.